The Hall–Kier alpha value is -3.13. The van der Waals surface area contributed by atoms with Crippen LogP contribution < -0.4 is 10.1 Å². The molecule has 0 fully saturated rings. The van der Waals surface area contributed by atoms with Crippen molar-refractivity contribution in [1.82, 2.24) is 0 Å². The first-order chi connectivity index (χ1) is 13.2. The molecule has 0 aromatic heterocycles. The van der Waals surface area contributed by atoms with Crippen LogP contribution in [-0.2, 0) is 20.7 Å². The Balaban J connectivity index is 2.02. The number of nitrogens with zero attached hydrogens (tertiary/aromatic N) is 1. The number of methoxy groups -OCH3 is 1. The van der Waals surface area contributed by atoms with Gasteiger partial charge in [0.15, 0.2) is 6.61 Å². The van der Waals surface area contributed by atoms with Crippen molar-refractivity contribution in [3.8, 4) is 5.75 Å². The van der Waals surface area contributed by atoms with Gasteiger partial charge in [0.05, 0.1) is 18.5 Å². The molecule has 0 saturated heterocycles. The van der Waals surface area contributed by atoms with Crippen molar-refractivity contribution in [1.29, 1.82) is 0 Å². The van der Waals surface area contributed by atoms with E-state index < -0.39 is 23.4 Å². The number of benzene rings is 2. The third-order valence-electron chi connectivity index (χ3n) is 4.12. The maximum absolute atomic E-state index is 12.1. The number of carbonyl (C=O) groups excluding carboxylic acids is 2. The third-order valence-corrected chi connectivity index (χ3v) is 4.35. The van der Waals surface area contributed by atoms with Crippen molar-refractivity contribution >= 4 is 34.9 Å². The molecule has 1 N–H and O–H groups in total. The zero-order valence-electron chi connectivity index (χ0n) is 15.6. The molecule has 0 heterocycles. The summed E-state index contributed by atoms with van der Waals surface area (Å²) < 4.78 is 10.1. The SMILES string of the molecule is COc1ccc(Cl)cc1CC(=O)OCC(=O)Nc1c([N+](=O)[O-])ccc(C)c1C. The number of carbonyl (C=O) groups is 2. The number of hydrogen-bond donors (Lipinski definition) is 1. The number of amides is 1. The fourth-order valence-corrected chi connectivity index (χ4v) is 2.72. The number of halogens is 1. The minimum Gasteiger partial charge on any atom is -0.496 e. The Morgan fingerprint density at radius 1 is 1.21 bits per heavy atom. The molecule has 0 aliphatic heterocycles. The Bertz CT molecular complexity index is 929. The van der Waals surface area contributed by atoms with E-state index in [1.165, 1.54) is 13.2 Å². The summed E-state index contributed by atoms with van der Waals surface area (Å²) in [5.41, 5.74) is 1.73. The van der Waals surface area contributed by atoms with E-state index in [-0.39, 0.29) is 17.8 Å². The van der Waals surface area contributed by atoms with Crippen LogP contribution in [0.3, 0.4) is 0 Å². The lowest BCUT2D eigenvalue weighted by Gasteiger charge is -2.12. The van der Waals surface area contributed by atoms with Gasteiger partial charge < -0.3 is 14.8 Å². The molecular weight excluding hydrogens is 388 g/mol. The zero-order chi connectivity index (χ0) is 20.8. The van der Waals surface area contributed by atoms with E-state index in [0.717, 1.165) is 5.56 Å². The first-order valence-electron chi connectivity index (χ1n) is 8.25. The third kappa shape index (κ3) is 5.20. The van der Waals surface area contributed by atoms with Gasteiger partial charge in [0.1, 0.15) is 11.4 Å². The van der Waals surface area contributed by atoms with Gasteiger partial charge in [0.25, 0.3) is 11.6 Å². The van der Waals surface area contributed by atoms with Crippen LogP contribution in [0.5, 0.6) is 5.75 Å². The fourth-order valence-electron chi connectivity index (χ4n) is 2.52. The highest BCUT2D eigenvalue weighted by Crippen LogP contribution is 2.30. The second-order valence-electron chi connectivity index (χ2n) is 6.00. The van der Waals surface area contributed by atoms with Crippen LogP contribution in [0.1, 0.15) is 16.7 Å². The molecular formula is C19H19ClN2O6. The molecule has 9 heteroatoms. The number of aryl methyl sites for hydroxylation is 1. The van der Waals surface area contributed by atoms with Gasteiger partial charge in [0, 0.05) is 16.7 Å². The van der Waals surface area contributed by atoms with E-state index in [0.29, 0.717) is 21.9 Å². The summed E-state index contributed by atoms with van der Waals surface area (Å²) in [6.07, 6.45) is -0.138. The molecule has 0 atom stereocenters. The maximum Gasteiger partial charge on any atom is 0.310 e. The molecule has 0 spiro atoms. The second-order valence-corrected chi connectivity index (χ2v) is 6.44. The molecule has 2 aromatic rings. The molecule has 2 rings (SSSR count). The average Bonchev–Trinajstić information content (AvgIpc) is 2.64. The molecule has 0 radical (unpaired) electrons. The lowest BCUT2D eigenvalue weighted by Crippen LogP contribution is -2.22. The number of nitro benzene ring substituents is 1. The first-order valence-corrected chi connectivity index (χ1v) is 8.63. The quantitative estimate of drug-likeness (QED) is 0.427. The largest absolute Gasteiger partial charge is 0.496 e. The van der Waals surface area contributed by atoms with Gasteiger partial charge in [-0.2, -0.15) is 0 Å². The zero-order valence-corrected chi connectivity index (χ0v) is 16.3. The highest BCUT2D eigenvalue weighted by Gasteiger charge is 2.20. The minimum absolute atomic E-state index is 0.0857. The minimum atomic E-state index is -0.678. The van der Waals surface area contributed by atoms with Crippen molar-refractivity contribution in [3.05, 3.63) is 62.2 Å². The fraction of sp³-hybridized carbons (Fsp3) is 0.263. The monoisotopic (exact) mass is 406 g/mol. The van der Waals surface area contributed by atoms with Crippen molar-refractivity contribution < 1.29 is 24.0 Å². The smallest absolute Gasteiger partial charge is 0.310 e. The highest BCUT2D eigenvalue weighted by molar-refractivity contribution is 6.30. The number of anilines is 1. The Kier molecular flexibility index (Phi) is 6.94. The summed E-state index contributed by atoms with van der Waals surface area (Å²) in [5, 5.41) is 14.1. The summed E-state index contributed by atoms with van der Waals surface area (Å²) in [6, 6.07) is 7.73. The molecule has 2 aromatic carbocycles. The molecule has 28 heavy (non-hydrogen) atoms. The summed E-state index contributed by atoms with van der Waals surface area (Å²) in [7, 11) is 1.46. The van der Waals surface area contributed by atoms with Gasteiger partial charge in [-0.15, -0.1) is 0 Å². The standard InChI is InChI=1S/C19H19ClN2O6/c1-11-4-6-15(22(25)26)19(12(11)2)21-17(23)10-28-18(24)9-13-8-14(20)5-7-16(13)27-3/h4-8H,9-10H2,1-3H3,(H,21,23). The van der Waals surface area contributed by atoms with E-state index in [1.54, 1.807) is 38.1 Å². The Morgan fingerprint density at radius 2 is 1.93 bits per heavy atom. The summed E-state index contributed by atoms with van der Waals surface area (Å²) >= 11 is 5.92. The van der Waals surface area contributed by atoms with Crippen LogP contribution in [0.25, 0.3) is 0 Å². The summed E-state index contributed by atoms with van der Waals surface area (Å²) in [5.74, 6) is -0.869. The molecule has 148 valence electrons. The average molecular weight is 407 g/mol. The second kappa shape index (κ2) is 9.18. The predicted molar refractivity (Wildman–Crippen MR) is 104 cm³/mol. The number of ether oxygens (including phenoxy) is 2. The van der Waals surface area contributed by atoms with Crippen LogP contribution in [0.4, 0.5) is 11.4 Å². The molecule has 0 bridgehead atoms. The summed E-state index contributed by atoms with van der Waals surface area (Å²) in [6.45, 7) is 2.86. The molecule has 0 unspecified atom stereocenters. The van der Waals surface area contributed by atoms with Gasteiger partial charge in [-0.25, -0.2) is 0 Å². The van der Waals surface area contributed by atoms with Gasteiger partial charge in [-0.1, -0.05) is 17.7 Å². The van der Waals surface area contributed by atoms with E-state index in [9.17, 15) is 19.7 Å². The van der Waals surface area contributed by atoms with Crippen LogP contribution in [0, 0.1) is 24.0 Å². The normalized spacial score (nSPS) is 10.3. The number of hydrogen-bond acceptors (Lipinski definition) is 6. The highest BCUT2D eigenvalue weighted by atomic mass is 35.5. The van der Waals surface area contributed by atoms with Crippen molar-refractivity contribution in [2.24, 2.45) is 0 Å². The van der Waals surface area contributed by atoms with E-state index in [4.69, 9.17) is 21.1 Å². The van der Waals surface area contributed by atoms with Crippen molar-refractivity contribution in [2.45, 2.75) is 20.3 Å². The van der Waals surface area contributed by atoms with E-state index in [1.807, 2.05) is 0 Å². The topological polar surface area (TPSA) is 108 Å². The first kappa shape index (κ1) is 21.2. The molecule has 8 nitrogen and oxygen atoms in total. The number of esters is 1. The molecule has 0 saturated carbocycles. The van der Waals surface area contributed by atoms with Gasteiger partial charge in [-0.05, 0) is 43.2 Å². The molecule has 0 aliphatic carbocycles. The van der Waals surface area contributed by atoms with Crippen LogP contribution in [0.15, 0.2) is 30.3 Å². The lowest BCUT2D eigenvalue weighted by molar-refractivity contribution is -0.384. The van der Waals surface area contributed by atoms with Crippen LogP contribution in [0.2, 0.25) is 5.02 Å². The summed E-state index contributed by atoms with van der Waals surface area (Å²) in [4.78, 5) is 34.8. The number of rotatable bonds is 7. The molecule has 1 amide bonds. The molecule has 0 aliphatic rings. The Morgan fingerprint density at radius 3 is 2.57 bits per heavy atom. The number of nitro groups is 1. The van der Waals surface area contributed by atoms with E-state index >= 15 is 0 Å². The number of nitrogens with one attached hydrogen (secondary N) is 1. The Labute approximate surface area is 166 Å². The van der Waals surface area contributed by atoms with Crippen molar-refractivity contribution in [3.63, 3.8) is 0 Å². The van der Waals surface area contributed by atoms with Gasteiger partial charge in [0.2, 0.25) is 0 Å². The van der Waals surface area contributed by atoms with Crippen molar-refractivity contribution in [2.75, 3.05) is 19.0 Å². The lowest BCUT2D eigenvalue weighted by atomic mass is 10.1. The maximum atomic E-state index is 12.1. The van der Waals surface area contributed by atoms with Crippen LogP contribution in [-0.4, -0.2) is 30.5 Å². The van der Waals surface area contributed by atoms with Gasteiger partial charge in [-0.3, -0.25) is 19.7 Å². The van der Waals surface area contributed by atoms with E-state index in [2.05, 4.69) is 5.32 Å². The predicted octanol–water partition coefficient (Wildman–Crippen LogP) is 3.60. The van der Waals surface area contributed by atoms with Crippen LogP contribution >= 0.6 is 11.6 Å². The van der Waals surface area contributed by atoms with Gasteiger partial charge >= 0.3 is 5.97 Å².